The summed E-state index contributed by atoms with van der Waals surface area (Å²) in [6.45, 7) is 8.88. The number of morpholine rings is 1. The second-order valence-corrected chi connectivity index (χ2v) is 9.72. The average molecular weight is 594 g/mol. The number of halogens is 3. The van der Waals surface area contributed by atoms with Gasteiger partial charge >= 0.3 is 0 Å². The first kappa shape index (κ1) is 24.7. The maximum absolute atomic E-state index is 5.38. The van der Waals surface area contributed by atoms with Gasteiger partial charge in [0.05, 0.1) is 19.3 Å². The summed E-state index contributed by atoms with van der Waals surface area (Å²) in [5, 5.41) is 0. The molecule has 4 rings (SSSR count). The van der Waals surface area contributed by atoms with Crippen molar-refractivity contribution in [2.75, 3.05) is 37.9 Å². The minimum Gasteiger partial charge on any atom is -0.381 e. The SMILES string of the molecule is Brc1ccc(Br)nc1.C[C@@H]1CCCOC1.C[C@H]1COCCN1c1ccc(Br)cn1. The topological polar surface area (TPSA) is 47.5 Å². The summed E-state index contributed by atoms with van der Waals surface area (Å²) in [5.74, 6) is 1.85. The summed E-state index contributed by atoms with van der Waals surface area (Å²) in [5.41, 5.74) is 0. The van der Waals surface area contributed by atoms with Crippen molar-refractivity contribution in [3.05, 3.63) is 50.2 Å². The smallest absolute Gasteiger partial charge is 0.128 e. The molecule has 2 aliphatic rings. The third-order valence-corrected chi connectivity index (χ3v) is 5.86. The van der Waals surface area contributed by atoms with E-state index >= 15 is 0 Å². The van der Waals surface area contributed by atoms with E-state index in [1.165, 1.54) is 12.8 Å². The molecule has 4 heterocycles. The average Bonchev–Trinajstić information content (AvgIpc) is 2.73. The highest BCUT2D eigenvalue weighted by atomic mass is 79.9. The Morgan fingerprint density at radius 2 is 1.59 bits per heavy atom. The van der Waals surface area contributed by atoms with Gasteiger partial charge in [0.15, 0.2) is 0 Å². The van der Waals surface area contributed by atoms with Gasteiger partial charge in [0.25, 0.3) is 0 Å². The lowest BCUT2D eigenvalue weighted by Gasteiger charge is -2.34. The molecular formula is C21H28Br3N3O2. The fourth-order valence-electron chi connectivity index (χ4n) is 2.86. The second kappa shape index (κ2) is 13.7. The molecule has 2 aromatic rings. The van der Waals surface area contributed by atoms with Crippen molar-refractivity contribution in [2.24, 2.45) is 5.92 Å². The van der Waals surface area contributed by atoms with Crippen LogP contribution >= 0.6 is 47.8 Å². The number of nitrogens with zero attached hydrogens (tertiary/aromatic N) is 3. The molecule has 8 heteroatoms. The Morgan fingerprint density at radius 3 is 2.03 bits per heavy atom. The van der Waals surface area contributed by atoms with Crippen LogP contribution in [0.3, 0.4) is 0 Å². The Bertz CT molecular complexity index is 674. The fourth-order valence-corrected chi connectivity index (χ4v) is 3.57. The highest BCUT2D eigenvalue weighted by molar-refractivity contribution is 9.11. The van der Waals surface area contributed by atoms with Gasteiger partial charge in [0, 0.05) is 41.1 Å². The van der Waals surface area contributed by atoms with Crippen molar-refractivity contribution in [1.82, 2.24) is 9.97 Å². The normalized spacial score (nSPS) is 21.3. The lowest BCUT2D eigenvalue weighted by Crippen LogP contribution is -2.44. The largest absolute Gasteiger partial charge is 0.381 e. The van der Waals surface area contributed by atoms with Gasteiger partial charge in [-0.1, -0.05) is 6.92 Å². The zero-order valence-electron chi connectivity index (χ0n) is 16.9. The number of hydrogen-bond acceptors (Lipinski definition) is 5. The molecular weight excluding hydrogens is 566 g/mol. The first-order valence-corrected chi connectivity index (χ1v) is 12.1. The van der Waals surface area contributed by atoms with Crippen molar-refractivity contribution in [1.29, 1.82) is 0 Å². The van der Waals surface area contributed by atoms with Crippen LogP contribution < -0.4 is 4.90 Å². The summed E-state index contributed by atoms with van der Waals surface area (Å²) in [6.07, 6.45) is 6.20. The molecule has 0 radical (unpaired) electrons. The quantitative estimate of drug-likeness (QED) is 0.374. The molecule has 0 spiro atoms. The summed E-state index contributed by atoms with van der Waals surface area (Å²) in [7, 11) is 0. The molecule has 0 amide bonds. The van der Waals surface area contributed by atoms with E-state index in [4.69, 9.17) is 9.47 Å². The number of pyridine rings is 2. The standard InChI is InChI=1S/C10H13BrN2O.C6H12O.C5H3Br2N/c1-8-7-14-5-4-13(8)10-3-2-9(11)6-12-10;1-6-3-2-4-7-5-6;6-4-1-2-5(7)8-3-4/h2-3,6,8H,4-5,7H2,1H3;6H,2-5H2,1H3;1-3H/t8-;6-;/m01./s1. The molecule has 0 aliphatic carbocycles. The van der Waals surface area contributed by atoms with Crippen molar-refractivity contribution in [2.45, 2.75) is 32.7 Å². The number of hydrogen-bond donors (Lipinski definition) is 0. The number of rotatable bonds is 1. The molecule has 0 N–H and O–H groups in total. The van der Waals surface area contributed by atoms with Crippen LogP contribution in [0.15, 0.2) is 50.2 Å². The third-order valence-electron chi connectivity index (χ3n) is 4.45. The lowest BCUT2D eigenvalue weighted by molar-refractivity contribution is 0.0616. The first-order chi connectivity index (χ1) is 14.0. The monoisotopic (exact) mass is 591 g/mol. The van der Waals surface area contributed by atoms with Gasteiger partial charge in [0.2, 0.25) is 0 Å². The van der Waals surface area contributed by atoms with E-state index in [0.717, 1.165) is 58.3 Å². The molecule has 2 aliphatic heterocycles. The van der Waals surface area contributed by atoms with Crippen LogP contribution in [-0.2, 0) is 9.47 Å². The Morgan fingerprint density at radius 1 is 0.897 bits per heavy atom. The maximum atomic E-state index is 5.38. The van der Waals surface area contributed by atoms with Crippen LogP contribution in [0.4, 0.5) is 5.82 Å². The Kier molecular flexibility index (Phi) is 11.7. The van der Waals surface area contributed by atoms with Crippen LogP contribution in [0.25, 0.3) is 0 Å². The number of aromatic nitrogens is 2. The van der Waals surface area contributed by atoms with Crippen molar-refractivity contribution < 1.29 is 9.47 Å². The van der Waals surface area contributed by atoms with Crippen LogP contribution in [-0.4, -0.2) is 49.0 Å². The van der Waals surface area contributed by atoms with E-state index in [2.05, 4.69) is 76.5 Å². The maximum Gasteiger partial charge on any atom is 0.128 e. The summed E-state index contributed by atoms with van der Waals surface area (Å²) in [4.78, 5) is 10.6. The minimum atomic E-state index is 0.414. The van der Waals surface area contributed by atoms with Crippen molar-refractivity contribution >= 4 is 53.6 Å². The van der Waals surface area contributed by atoms with Crippen LogP contribution in [0.5, 0.6) is 0 Å². The molecule has 0 saturated carbocycles. The number of anilines is 1. The molecule has 0 bridgehead atoms. The number of ether oxygens (including phenoxy) is 2. The molecule has 2 aromatic heterocycles. The highest BCUT2D eigenvalue weighted by Gasteiger charge is 2.19. The van der Waals surface area contributed by atoms with Gasteiger partial charge in [-0.15, -0.1) is 0 Å². The highest BCUT2D eigenvalue weighted by Crippen LogP contribution is 2.18. The van der Waals surface area contributed by atoms with E-state index in [0.29, 0.717) is 6.04 Å². The molecule has 2 atom stereocenters. The van der Waals surface area contributed by atoms with Crippen molar-refractivity contribution in [3.63, 3.8) is 0 Å². The molecule has 160 valence electrons. The van der Waals surface area contributed by atoms with Gasteiger partial charge in [-0.3, -0.25) is 0 Å². The first-order valence-electron chi connectivity index (χ1n) is 9.76. The van der Waals surface area contributed by atoms with E-state index in [1.54, 1.807) is 6.20 Å². The van der Waals surface area contributed by atoms with Gasteiger partial charge in [0.1, 0.15) is 10.4 Å². The van der Waals surface area contributed by atoms with Gasteiger partial charge in [-0.2, -0.15) is 0 Å². The Balaban J connectivity index is 0.000000170. The summed E-state index contributed by atoms with van der Waals surface area (Å²) >= 11 is 9.85. The van der Waals surface area contributed by atoms with Gasteiger partial charge < -0.3 is 14.4 Å². The molecule has 2 fully saturated rings. The van der Waals surface area contributed by atoms with Crippen molar-refractivity contribution in [3.8, 4) is 0 Å². The van der Waals surface area contributed by atoms with Gasteiger partial charge in [-0.25, -0.2) is 9.97 Å². The Labute approximate surface area is 199 Å². The summed E-state index contributed by atoms with van der Waals surface area (Å²) < 4.78 is 13.4. The van der Waals surface area contributed by atoms with Crippen LogP contribution in [0.2, 0.25) is 0 Å². The zero-order valence-corrected chi connectivity index (χ0v) is 21.6. The predicted molar refractivity (Wildman–Crippen MR) is 128 cm³/mol. The molecule has 2 saturated heterocycles. The van der Waals surface area contributed by atoms with E-state index in [-0.39, 0.29) is 0 Å². The molecule has 5 nitrogen and oxygen atoms in total. The second-order valence-electron chi connectivity index (χ2n) is 7.07. The van der Waals surface area contributed by atoms with E-state index in [1.807, 2.05) is 30.5 Å². The van der Waals surface area contributed by atoms with Crippen LogP contribution in [0, 0.1) is 5.92 Å². The minimum absolute atomic E-state index is 0.414. The zero-order chi connectivity index (χ0) is 21.1. The lowest BCUT2D eigenvalue weighted by atomic mass is 10.1. The third kappa shape index (κ3) is 9.87. The molecule has 29 heavy (non-hydrogen) atoms. The fraction of sp³-hybridized carbons (Fsp3) is 0.524. The predicted octanol–water partition coefficient (Wildman–Crippen LogP) is 6.11. The Hall–Kier alpha value is -0.540. The summed E-state index contributed by atoms with van der Waals surface area (Å²) in [6, 6.07) is 8.27. The molecule has 0 aromatic carbocycles. The van der Waals surface area contributed by atoms with Crippen LogP contribution in [0.1, 0.15) is 26.7 Å². The van der Waals surface area contributed by atoms with Gasteiger partial charge in [-0.05, 0) is 97.7 Å². The molecule has 0 unspecified atom stereocenters. The van der Waals surface area contributed by atoms with E-state index in [9.17, 15) is 0 Å². The van der Waals surface area contributed by atoms with E-state index < -0.39 is 0 Å².